The fraction of sp³-hybridized carbons (Fsp3) is 0.318. The average molecular weight is 330 g/mol. The molecule has 25 heavy (non-hydrogen) atoms. The zero-order chi connectivity index (χ0) is 17.1. The largest absolute Gasteiger partial charge is 0.373 e. The minimum Gasteiger partial charge on any atom is -0.373 e. The lowest BCUT2D eigenvalue weighted by Crippen LogP contribution is -2.69. The predicted molar refractivity (Wildman–Crippen MR) is 99.0 cm³/mol. The fourth-order valence-electron chi connectivity index (χ4n) is 5.31. The number of nitrogens with zero attached hydrogens (tertiary/aromatic N) is 1. The van der Waals surface area contributed by atoms with Gasteiger partial charge in [-0.2, -0.15) is 0 Å². The summed E-state index contributed by atoms with van der Waals surface area (Å²) >= 11 is 0. The average Bonchev–Trinajstić information content (AvgIpc) is 2.60. The van der Waals surface area contributed by atoms with Gasteiger partial charge in [0, 0.05) is 24.2 Å². The second kappa shape index (κ2) is 4.98. The van der Waals surface area contributed by atoms with Gasteiger partial charge in [-0.15, -0.1) is 0 Å². The molecular weight excluding hydrogens is 308 g/mol. The van der Waals surface area contributed by atoms with Crippen molar-refractivity contribution in [1.82, 2.24) is 4.90 Å². The molecule has 5 rings (SSSR count). The summed E-state index contributed by atoms with van der Waals surface area (Å²) in [5.41, 5.74) is 3.53. The number of carbonyl (C=O) groups is 1. The Kier molecular flexibility index (Phi) is 2.94. The fourth-order valence-corrected chi connectivity index (χ4v) is 5.31. The number of allylic oxidation sites excluding steroid dienone is 1. The number of amides is 1. The van der Waals surface area contributed by atoms with Crippen LogP contribution in [-0.2, 0) is 16.8 Å². The Morgan fingerprint density at radius 1 is 1.12 bits per heavy atom. The maximum atomic E-state index is 12.6. The van der Waals surface area contributed by atoms with Crippen LogP contribution >= 0.6 is 0 Å². The van der Waals surface area contributed by atoms with Gasteiger partial charge in [0.15, 0.2) is 0 Å². The van der Waals surface area contributed by atoms with E-state index in [0.29, 0.717) is 0 Å². The topological polar surface area (TPSA) is 32.3 Å². The van der Waals surface area contributed by atoms with Crippen molar-refractivity contribution < 1.29 is 4.79 Å². The van der Waals surface area contributed by atoms with Gasteiger partial charge in [0.2, 0.25) is 5.91 Å². The van der Waals surface area contributed by atoms with Gasteiger partial charge in [0.05, 0.1) is 5.92 Å². The van der Waals surface area contributed by atoms with Gasteiger partial charge in [-0.1, -0.05) is 61.5 Å². The van der Waals surface area contributed by atoms with Crippen LogP contribution in [0.25, 0.3) is 0 Å². The third-order valence-corrected chi connectivity index (χ3v) is 6.48. The van der Waals surface area contributed by atoms with Crippen LogP contribution in [-0.4, -0.2) is 17.4 Å². The van der Waals surface area contributed by atoms with Crippen LogP contribution in [0.15, 0.2) is 66.9 Å². The lowest BCUT2D eigenvalue weighted by Gasteiger charge is -2.66. The van der Waals surface area contributed by atoms with Gasteiger partial charge in [-0.05, 0) is 35.2 Å². The number of carbonyl (C=O) groups excluding carboxylic acids is 1. The van der Waals surface area contributed by atoms with Crippen LogP contribution in [0.4, 0.5) is 5.69 Å². The molecule has 126 valence electrons. The molecule has 2 aliphatic heterocycles. The quantitative estimate of drug-likeness (QED) is 0.905. The van der Waals surface area contributed by atoms with E-state index in [1.54, 1.807) is 0 Å². The van der Waals surface area contributed by atoms with E-state index in [1.807, 2.05) is 12.1 Å². The number of anilines is 1. The van der Waals surface area contributed by atoms with Crippen molar-refractivity contribution in [2.24, 2.45) is 11.3 Å². The molecule has 1 N–H and O–H groups in total. The first-order valence-corrected chi connectivity index (χ1v) is 9.00. The summed E-state index contributed by atoms with van der Waals surface area (Å²) in [6.07, 6.45) is 5.48. The Morgan fingerprint density at radius 3 is 2.68 bits per heavy atom. The minimum atomic E-state index is -0.154. The molecule has 0 radical (unpaired) electrons. The van der Waals surface area contributed by atoms with E-state index in [4.69, 9.17) is 0 Å². The number of fused-ring (bicyclic) bond motifs is 1. The van der Waals surface area contributed by atoms with Crippen LogP contribution in [0.1, 0.15) is 24.5 Å². The molecule has 3 atom stereocenters. The van der Waals surface area contributed by atoms with Crippen LogP contribution in [0.2, 0.25) is 0 Å². The third-order valence-electron chi connectivity index (χ3n) is 6.48. The van der Waals surface area contributed by atoms with Crippen molar-refractivity contribution in [3.63, 3.8) is 0 Å². The van der Waals surface area contributed by atoms with E-state index in [1.165, 1.54) is 11.1 Å². The van der Waals surface area contributed by atoms with E-state index in [-0.39, 0.29) is 22.7 Å². The SMILES string of the molecule is C[C@]12C[C@@H]3C(=O)Nc4ccccc4[C@@]31C=CN(Cc1ccccc1)C2. The second-order valence-electron chi connectivity index (χ2n) is 7.93. The van der Waals surface area contributed by atoms with E-state index in [2.05, 4.69) is 71.9 Å². The Morgan fingerprint density at radius 2 is 1.88 bits per heavy atom. The smallest absolute Gasteiger partial charge is 0.228 e. The van der Waals surface area contributed by atoms with Crippen LogP contribution in [0.3, 0.4) is 0 Å². The van der Waals surface area contributed by atoms with E-state index < -0.39 is 0 Å². The van der Waals surface area contributed by atoms with Crippen LogP contribution in [0.5, 0.6) is 0 Å². The predicted octanol–water partition coefficient (Wildman–Crippen LogP) is 3.93. The molecule has 0 bridgehead atoms. The van der Waals surface area contributed by atoms with Crippen molar-refractivity contribution in [3.05, 3.63) is 78.0 Å². The molecule has 3 aliphatic rings. The summed E-state index contributed by atoms with van der Waals surface area (Å²) in [7, 11) is 0. The number of benzene rings is 2. The van der Waals surface area contributed by atoms with Crippen LogP contribution in [0, 0.1) is 11.3 Å². The Labute approximate surface area is 148 Å². The molecule has 1 spiro atoms. The molecule has 2 heterocycles. The molecule has 2 aromatic rings. The first kappa shape index (κ1) is 14.8. The molecule has 0 unspecified atom stereocenters. The molecule has 2 aromatic carbocycles. The molecule has 1 saturated carbocycles. The molecule has 1 fully saturated rings. The second-order valence-corrected chi connectivity index (χ2v) is 7.93. The molecule has 3 nitrogen and oxygen atoms in total. The molecule has 3 heteroatoms. The highest BCUT2D eigenvalue weighted by atomic mass is 16.2. The van der Waals surface area contributed by atoms with Crippen LogP contribution < -0.4 is 5.32 Å². The minimum absolute atomic E-state index is 0.0579. The summed E-state index contributed by atoms with van der Waals surface area (Å²) in [5, 5.41) is 3.10. The van der Waals surface area contributed by atoms with E-state index in [0.717, 1.165) is 25.2 Å². The van der Waals surface area contributed by atoms with Gasteiger partial charge in [0.25, 0.3) is 0 Å². The normalized spacial score (nSPS) is 32.1. The Balaban J connectivity index is 1.55. The first-order chi connectivity index (χ1) is 12.1. The molecular formula is C22H22N2O. The lowest BCUT2D eigenvalue weighted by atomic mass is 9.40. The summed E-state index contributed by atoms with van der Waals surface area (Å²) in [4.78, 5) is 15.0. The maximum absolute atomic E-state index is 12.6. The van der Waals surface area contributed by atoms with Crippen molar-refractivity contribution in [2.45, 2.75) is 25.3 Å². The number of hydrogen-bond acceptors (Lipinski definition) is 2. The molecule has 1 amide bonds. The number of hydrogen-bond donors (Lipinski definition) is 1. The van der Waals surface area contributed by atoms with Gasteiger partial charge < -0.3 is 10.2 Å². The Hall–Kier alpha value is -2.55. The zero-order valence-corrected chi connectivity index (χ0v) is 14.4. The standard InChI is InChI=1S/C22H22N2O/c1-21-13-18-20(25)23-19-10-6-5-9-17(19)22(18,21)11-12-24(15-21)14-16-7-3-2-4-8-16/h2-12,18H,13-15H2,1H3,(H,23,25)/t18-,21-,22+/m1/s1. The van der Waals surface area contributed by atoms with Crippen molar-refractivity contribution >= 4 is 11.6 Å². The van der Waals surface area contributed by atoms with Gasteiger partial charge in [-0.3, -0.25) is 4.79 Å². The zero-order valence-electron chi connectivity index (χ0n) is 14.4. The Bertz CT molecular complexity index is 875. The monoisotopic (exact) mass is 330 g/mol. The first-order valence-electron chi connectivity index (χ1n) is 9.00. The van der Waals surface area contributed by atoms with Gasteiger partial charge in [-0.25, -0.2) is 0 Å². The summed E-state index contributed by atoms with van der Waals surface area (Å²) in [5.74, 6) is 0.236. The summed E-state index contributed by atoms with van der Waals surface area (Å²) < 4.78 is 0. The van der Waals surface area contributed by atoms with Crippen molar-refractivity contribution in [2.75, 3.05) is 11.9 Å². The highest BCUT2D eigenvalue weighted by Gasteiger charge is 2.68. The molecule has 0 saturated heterocycles. The molecule has 1 aliphatic carbocycles. The van der Waals surface area contributed by atoms with Crippen molar-refractivity contribution in [3.8, 4) is 0 Å². The van der Waals surface area contributed by atoms with Gasteiger partial charge >= 0.3 is 0 Å². The van der Waals surface area contributed by atoms with Crippen molar-refractivity contribution in [1.29, 1.82) is 0 Å². The van der Waals surface area contributed by atoms with Gasteiger partial charge in [0.1, 0.15) is 0 Å². The summed E-state index contributed by atoms with van der Waals surface area (Å²) in [6, 6.07) is 18.9. The summed E-state index contributed by atoms with van der Waals surface area (Å²) in [6.45, 7) is 4.25. The third kappa shape index (κ3) is 1.89. The highest BCUT2D eigenvalue weighted by Crippen LogP contribution is 2.67. The number of para-hydroxylation sites is 1. The van der Waals surface area contributed by atoms with E-state index in [9.17, 15) is 4.79 Å². The lowest BCUT2D eigenvalue weighted by molar-refractivity contribution is -0.139. The molecule has 0 aromatic heterocycles. The number of rotatable bonds is 2. The highest BCUT2D eigenvalue weighted by molar-refractivity contribution is 5.99. The van der Waals surface area contributed by atoms with E-state index >= 15 is 0 Å². The number of nitrogens with one attached hydrogen (secondary N) is 1. The maximum Gasteiger partial charge on any atom is 0.228 e.